The minimum atomic E-state index is -0.568. The van der Waals surface area contributed by atoms with Gasteiger partial charge in [-0.3, -0.25) is 4.79 Å². The van der Waals surface area contributed by atoms with Crippen LogP contribution in [0.5, 0.6) is 0 Å². The van der Waals surface area contributed by atoms with Crippen molar-refractivity contribution in [2.75, 3.05) is 19.0 Å². The highest BCUT2D eigenvalue weighted by atomic mass is 35.5. The number of ether oxygens (including phenoxy) is 1. The van der Waals surface area contributed by atoms with E-state index in [1.54, 1.807) is 0 Å². The molecule has 3 nitrogen and oxygen atoms in total. The molecular weight excluding hydrogens is 238 g/mol. The lowest BCUT2D eigenvalue weighted by Crippen LogP contribution is -2.53. The summed E-state index contributed by atoms with van der Waals surface area (Å²) in [5.41, 5.74) is -0.568. The summed E-state index contributed by atoms with van der Waals surface area (Å²) in [6.45, 7) is 3.53. The highest BCUT2D eigenvalue weighted by Gasteiger charge is 2.42. The zero-order valence-corrected chi connectivity index (χ0v) is 11.3. The Bertz CT molecular complexity index is 275. The van der Waals surface area contributed by atoms with Crippen molar-refractivity contribution in [2.45, 2.75) is 57.1 Å². The van der Waals surface area contributed by atoms with Gasteiger partial charge in [0.1, 0.15) is 5.60 Å². The predicted octanol–water partition coefficient (Wildman–Crippen LogP) is 2.57. The van der Waals surface area contributed by atoms with Crippen LogP contribution in [0.25, 0.3) is 0 Å². The van der Waals surface area contributed by atoms with E-state index in [-0.39, 0.29) is 5.91 Å². The molecule has 0 aromatic carbocycles. The molecule has 2 saturated heterocycles. The van der Waals surface area contributed by atoms with Gasteiger partial charge in [0.2, 0.25) is 0 Å². The van der Waals surface area contributed by atoms with Crippen molar-refractivity contribution in [3.8, 4) is 0 Å². The Morgan fingerprint density at radius 1 is 1.47 bits per heavy atom. The Morgan fingerprint density at radius 2 is 2.29 bits per heavy atom. The Morgan fingerprint density at radius 3 is 2.94 bits per heavy atom. The Kier molecular flexibility index (Phi) is 4.31. The lowest BCUT2D eigenvalue weighted by Gasteiger charge is -2.39. The molecule has 0 aromatic heterocycles. The second kappa shape index (κ2) is 5.57. The van der Waals surface area contributed by atoms with Crippen LogP contribution in [0.15, 0.2) is 0 Å². The molecule has 2 heterocycles. The largest absolute Gasteiger partial charge is 0.365 e. The first kappa shape index (κ1) is 13.2. The molecule has 17 heavy (non-hydrogen) atoms. The summed E-state index contributed by atoms with van der Waals surface area (Å²) in [6, 6.07) is 0.328. The second-order valence-corrected chi connectivity index (χ2v) is 5.69. The predicted molar refractivity (Wildman–Crippen MR) is 68.3 cm³/mol. The molecule has 0 saturated carbocycles. The van der Waals surface area contributed by atoms with Crippen LogP contribution in [0.3, 0.4) is 0 Å². The molecule has 2 aliphatic heterocycles. The Balaban J connectivity index is 2.05. The van der Waals surface area contributed by atoms with Crippen LogP contribution in [-0.2, 0) is 9.53 Å². The number of carbonyl (C=O) groups is 1. The van der Waals surface area contributed by atoms with Crippen molar-refractivity contribution in [3.63, 3.8) is 0 Å². The van der Waals surface area contributed by atoms with Crippen molar-refractivity contribution in [2.24, 2.45) is 0 Å². The number of piperidine rings is 1. The lowest BCUT2D eigenvalue weighted by atomic mass is 9.94. The number of rotatable bonds is 3. The topological polar surface area (TPSA) is 29.5 Å². The van der Waals surface area contributed by atoms with E-state index in [1.807, 2.05) is 11.8 Å². The number of carbonyl (C=O) groups excluding carboxylic acids is 1. The van der Waals surface area contributed by atoms with Crippen LogP contribution >= 0.6 is 11.6 Å². The zero-order valence-electron chi connectivity index (χ0n) is 10.6. The number of hydrogen-bond acceptors (Lipinski definition) is 2. The van der Waals surface area contributed by atoms with Gasteiger partial charge in [-0.1, -0.05) is 0 Å². The molecule has 0 radical (unpaired) electrons. The molecule has 0 spiro atoms. The highest BCUT2D eigenvalue weighted by Crippen LogP contribution is 2.31. The lowest BCUT2D eigenvalue weighted by molar-refractivity contribution is -0.154. The fourth-order valence-corrected chi connectivity index (χ4v) is 3.20. The standard InChI is InChI=1S/C13H22ClNO2/c1-13(7-4-10-17-13)12(16)15-9-3-2-5-11(15)6-8-14/h11H,2-10H2,1H3. The van der Waals surface area contributed by atoms with Gasteiger partial charge in [0.25, 0.3) is 5.91 Å². The van der Waals surface area contributed by atoms with E-state index < -0.39 is 5.60 Å². The van der Waals surface area contributed by atoms with Crippen LogP contribution in [0.1, 0.15) is 45.4 Å². The normalized spacial score (nSPS) is 34.0. The number of nitrogens with zero attached hydrogens (tertiary/aromatic N) is 1. The fourth-order valence-electron chi connectivity index (χ4n) is 2.95. The zero-order chi connectivity index (χ0) is 12.3. The molecule has 1 amide bonds. The molecule has 2 rings (SSSR count). The van der Waals surface area contributed by atoms with Crippen molar-refractivity contribution in [3.05, 3.63) is 0 Å². The summed E-state index contributed by atoms with van der Waals surface area (Å²) < 4.78 is 5.66. The molecule has 2 fully saturated rings. The van der Waals surface area contributed by atoms with Gasteiger partial charge in [-0.05, 0) is 45.4 Å². The number of alkyl halides is 1. The van der Waals surface area contributed by atoms with Crippen molar-refractivity contribution >= 4 is 17.5 Å². The quantitative estimate of drug-likeness (QED) is 0.729. The summed E-state index contributed by atoms with van der Waals surface area (Å²) in [5.74, 6) is 0.816. The van der Waals surface area contributed by atoms with Crippen LogP contribution in [0.2, 0.25) is 0 Å². The van der Waals surface area contributed by atoms with Crippen molar-refractivity contribution in [1.29, 1.82) is 0 Å². The monoisotopic (exact) mass is 259 g/mol. The summed E-state index contributed by atoms with van der Waals surface area (Å²) in [7, 11) is 0. The first-order valence-electron chi connectivity index (χ1n) is 6.68. The van der Waals surface area contributed by atoms with Crippen LogP contribution in [-0.4, -0.2) is 41.5 Å². The van der Waals surface area contributed by atoms with Crippen LogP contribution in [0, 0.1) is 0 Å². The average molecular weight is 260 g/mol. The summed E-state index contributed by atoms with van der Waals surface area (Å²) >= 11 is 5.83. The van der Waals surface area contributed by atoms with Gasteiger partial charge in [-0.25, -0.2) is 0 Å². The maximum Gasteiger partial charge on any atom is 0.254 e. The SMILES string of the molecule is CC1(C(=O)N2CCCCC2CCCl)CCCO1. The van der Waals surface area contributed by atoms with E-state index in [0.717, 1.165) is 45.3 Å². The van der Waals surface area contributed by atoms with E-state index in [1.165, 1.54) is 6.42 Å². The number of halogens is 1. The Hall–Kier alpha value is -0.280. The molecule has 0 aromatic rings. The summed E-state index contributed by atoms with van der Waals surface area (Å²) in [5, 5.41) is 0. The first-order valence-corrected chi connectivity index (χ1v) is 7.22. The fraction of sp³-hybridized carbons (Fsp3) is 0.923. The molecule has 0 bridgehead atoms. The molecule has 98 valence electrons. The van der Waals surface area contributed by atoms with E-state index in [9.17, 15) is 4.79 Å². The molecule has 4 heteroatoms. The van der Waals surface area contributed by atoms with Gasteiger partial charge < -0.3 is 9.64 Å². The minimum Gasteiger partial charge on any atom is -0.365 e. The maximum absolute atomic E-state index is 12.6. The van der Waals surface area contributed by atoms with Gasteiger partial charge in [-0.2, -0.15) is 0 Å². The summed E-state index contributed by atoms with van der Waals surface area (Å²) in [6.07, 6.45) is 6.17. The summed E-state index contributed by atoms with van der Waals surface area (Å²) in [4.78, 5) is 14.6. The van der Waals surface area contributed by atoms with Gasteiger partial charge in [0, 0.05) is 25.1 Å². The van der Waals surface area contributed by atoms with Gasteiger partial charge in [-0.15, -0.1) is 11.6 Å². The van der Waals surface area contributed by atoms with Crippen molar-refractivity contribution < 1.29 is 9.53 Å². The van der Waals surface area contributed by atoms with E-state index in [0.29, 0.717) is 11.9 Å². The molecule has 0 aliphatic carbocycles. The van der Waals surface area contributed by atoms with Crippen LogP contribution < -0.4 is 0 Å². The number of hydrogen-bond donors (Lipinski definition) is 0. The van der Waals surface area contributed by atoms with E-state index in [2.05, 4.69) is 0 Å². The first-order chi connectivity index (χ1) is 8.17. The molecule has 2 aliphatic rings. The van der Waals surface area contributed by atoms with Gasteiger partial charge >= 0.3 is 0 Å². The number of amides is 1. The third-order valence-electron chi connectivity index (χ3n) is 4.00. The average Bonchev–Trinajstić information content (AvgIpc) is 2.78. The number of likely N-dealkylation sites (tertiary alicyclic amines) is 1. The van der Waals surface area contributed by atoms with Crippen LogP contribution in [0.4, 0.5) is 0 Å². The maximum atomic E-state index is 12.6. The smallest absolute Gasteiger partial charge is 0.254 e. The second-order valence-electron chi connectivity index (χ2n) is 5.31. The third kappa shape index (κ3) is 2.76. The third-order valence-corrected chi connectivity index (χ3v) is 4.22. The molecule has 2 unspecified atom stereocenters. The van der Waals surface area contributed by atoms with E-state index >= 15 is 0 Å². The minimum absolute atomic E-state index is 0.185. The highest BCUT2D eigenvalue weighted by molar-refractivity contribution is 6.17. The molecule has 0 N–H and O–H groups in total. The molecule has 2 atom stereocenters. The van der Waals surface area contributed by atoms with Gasteiger partial charge in [0.15, 0.2) is 0 Å². The van der Waals surface area contributed by atoms with E-state index in [4.69, 9.17) is 16.3 Å². The van der Waals surface area contributed by atoms with Crippen molar-refractivity contribution in [1.82, 2.24) is 4.90 Å². The molecular formula is C13H22ClNO2. The van der Waals surface area contributed by atoms with Gasteiger partial charge in [0.05, 0.1) is 0 Å². The Labute approximate surface area is 108 Å².